The Morgan fingerprint density at radius 2 is 1.92 bits per heavy atom. The molecule has 2 N–H and O–H groups in total. The third-order valence-corrected chi connectivity index (χ3v) is 1.51. The SMILES string of the molecule is C/C(N)=C(\C#N)C(=O)C(Cl)(Cl)Cl. The molecule has 0 aromatic carbocycles. The van der Waals surface area contributed by atoms with Crippen LogP contribution in [0.4, 0.5) is 0 Å². The second-order valence-electron chi connectivity index (χ2n) is 2.00. The van der Waals surface area contributed by atoms with Gasteiger partial charge in [-0.3, -0.25) is 4.79 Å². The topological polar surface area (TPSA) is 66.9 Å². The predicted molar refractivity (Wildman–Crippen MR) is 47.8 cm³/mol. The first kappa shape index (κ1) is 11.6. The number of halogens is 3. The molecule has 0 rings (SSSR count). The number of carbonyl (C=O) groups is 1. The first-order valence-electron chi connectivity index (χ1n) is 2.78. The fourth-order valence-corrected chi connectivity index (χ4v) is 0.743. The Morgan fingerprint density at radius 3 is 2.00 bits per heavy atom. The van der Waals surface area contributed by atoms with Crippen LogP contribution in [0, 0.1) is 11.3 Å². The van der Waals surface area contributed by atoms with Crippen molar-refractivity contribution in [1.29, 1.82) is 5.26 Å². The van der Waals surface area contributed by atoms with Crippen LogP contribution < -0.4 is 5.73 Å². The van der Waals surface area contributed by atoms with Gasteiger partial charge in [0, 0.05) is 5.70 Å². The molecule has 6 heteroatoms. The van der Waals surface area contributed by atoms with Gasteiger partial charge in [-0.2, -0.15) is 5.26 Å². The zero-order valence-corrected chi connectivity index (χ0v) is 8.33. The van der Waals surface area contributed by atoms with Crippen LogP contribution in [0.5, 0.6) is 0 Å². The van der Waals surface area contributed by atoms with Gasteiger partial charge in [0.2, 0.25) is 5.78 Å². The summed E-state index contributed by atoms with van der Waals surface area (Å²) in [6, 6.07) is 1.56. The number of nitrogens with two attached hydrogens (primary N) is 1. The van der Waals surface area contributed by atoms with Gasteiger partial charge in [0.15, 0.2) is 0 Å². The summed E-state index contributed by atoms with van der Waals surface area (Å²) in [7, 11) is 0. The summed E-state index contributed by atoms with van der Waals surface area (Å²) >= 11 is 15.7. The Bertz CT molecular complexity index is 267. The molecule has 66 valence electrons. The minimum absolute atomic E-state index is 0.0359. The predicted octanol–water partition coefficient (Wildman–Crippen LogP) is 1.68. The molecule has 0 saturated carbocycles. The summed E-state index contributed by atoms with van der Waals surface area (Å²) in [4.78, 5) is 11.1. The maximum Gasteiger partial charge on any atom is 0.254 e. The lowest BCUT2D eigenvalue weighted by Crippen LogP contribution is -2.22. The van der Waals surface area contributed by atoms with Gasteiger partial charge in [-0.1, -0.05) is 34.8 Å². The summed E-state index contributed by atoms with van der Waals surface area (Å²) in [6.45, 7) is 1.38. The smallest absolute Gasteiger partial charge is 0.254 e. The molecule has 0 fully saturated rings. The van der Waals surface area contributed by atoms with E-state index < -0.39 is 9.58 Å². The fourth-order valence-electron chi connectivity index (χ4n) is 0.460. The number of nitriles is 1. The van der Waals surface area contributed by atoms with Crippen molar-refractivity contribution < 1.29 is 4.79 Å². The van der Waals surface area contributed by atoms with E-state index in [2.05, 4.69) is 0 Å². The van der Waals surface area contributed by atoms with E-state index >= 15 is 0 Å². The average Bonchev–Trinajstić information content (AvgIpc) is 1.86. The number of ketones is 1. The van der Waals surface area contributed by atoms with Crippen molar-refractivity contribution in [3.63, 3.8) is 0 Å². The van der Waals surface area contributed by atoms with Crippen molar-refractivity contribution in [2.75, 3.05) is 0 Å². The molecule has 0 radical (unpaired) electrons. The Kier molecular flexibility index (Phi) is 3.85. The Balaban J connectivity index is 4.98. The minimum atomic E-state index is -2.12. The first-order chi connectivity index (χ1) is 5.30. The molecule has 0 atom stereocenters. The Labute approximate surface area is 84.7 Å². The van der Waals surface area contributed by atoms with Crippen molar-refractivity contribution in [3.05, 3.63) is 11.3 Å². The number of allylic oxidation sites excluding steroid dienone is 2. The van der Waals surface area contributed by atoms with E-state index in [0.29, 0.717) is 0 Å². The second kappa shape index (κ2) is 3.99. The highest BCUT2D eigenvalue weighted by molar-refractivity contribution is 6.77. The van der Waals surface area contributed by atoms with Crippen LogP contribution in [0.15, 0.2) is 11.3 Å². The third-order valence-electron chi connectivity index (χ3n) is 0.991. The number of Topliss-reactive ketones (excluding diaryl/α,β-unsaturated/α-hetero) is 1. The quantitative estimate of drug-likeness (QED) is 0.421. The molecule has 0 aromatic heterocycles. The molecular weight excluding hydrogens is 222 g/mol. The monoisotopic (exact) mass is 226 g/mol. The number of hydrogen-bond donors (Lipinski definition) is 1. The molecule has 0 aliphatic heterocycles. The third kappa shape index (κ3) is 2.90. The van der Waals surface area contributed by atoms with Crippen molar-refractivity contribution >= 4 is 40.6 Å². The largest absolute Gasteiger partial charge is 0.401 e. The molecule has 0 bridgehead atoms. The van der Waals surface area contributed by atoms with Crippen LogP contribution in [-0.4, -0.2) is 9.58 Å². The Hall–Kier alpha value is -0.430. The van der Waals surface area contributed by atoms with E-state index in [1.807, 2.05) is 0 Å². The van der Waals surface area contributed by atoms with Crippen LogP contribution in [0.1, 0.15) is 6.92 Å². The molecule has 0 aromatic rings. The molecular formula is C6H5Cl3N2O. The number of nitrogens with zero attached hydrogens (tertiary/aromatic N) is 1. The van der Waals surface area contributed by atoms with Crippen molar-refractivity contribution in [1.82, 2.24) is 0 Å². The first-order valence-corrected chi connectivity index (χ1v) is 3.92. The molecule has 0 amide bonds. The Morgan fingerprint density at radius 1 is 1.50 bits per heavy atom. The van der Waals surface area contributed by atoms with Gasteiger partial charge in [-0.25, -0.2) is 0 Å². The summed E-state index contributed by atoms with van der Waals surface area (Å²) in [6.07, 6.45) is 0. The summed E-state index contributed by atoms with van der Waals surface area (Å²) < 4.78 is -2.12. The lowest BCUT2D eigenvalue weighted by molar-refractivity contribution is -0.114. The van der Waals surface area contributed by atoms with E-state index in [1.165, 1.54) is 6.92 Å². The molecule has 12 heavy (non-hydrogen) atoms. The number of carbonyl (C=O) groups excluding carboxylic acids is 1. The highest BCUT2D eigenvalue weighted by Gasteiger charge is 2.34. The van der Waals surface area contributed by atoms with Crippen molar-refractivity contribution in [2.24, 2.45) is 5.73 Å². The molecule has 0 spiro atoms. The molecule has 3 nitrogen and oxygen atoms in total. The maximum absolute atomic E-state index is 11.1. The number of rotatable bonds is 1. The summed E-state index contributed by atoms with van der Waals surface area (Å²) in [5.41, 5.74) is 4.92. The average molecular weight is 227 g/mol. The highest BCUT2D eigenvalue weighted by atomic mass is 35.6. The summed E-state index contributed by atoms with van der Waals surface area (Å²) in [5.74, 6) is -0.907. The molecule has 0 unspecified atom stereocenters. The zero-order valence-electron chi connectivity index (χ0n) is 6.07. The van der Waals surface area contributed by atoms with Crippen molar-refractivity contribution in [3.8, 4) is 6.07 Å². The van der Waals surface area contributed by atoms with Crippen LogP contribution in [0.3, 0.4) is 0 Å². The van der Waals surface area contributed by atoms with Gasteiger partial charge < -0.3 is 5.73 Å². The normalized spacial score (nSPS) is 13.2. The number of hydrogen-bond acceptors (Lipinski definition) is 3. The summed E-state index contributed by atoms with van der Waals surface area (Å²) in [5, 5.41) is 8.45. The van der Waals surface area contributed by atoms with E-state index in [-0.39, 0.29) is 11.3 Å². The van der Waals surface area contributed by atoms with Gasteiger partial charge in [-0.15, -0.1) is 0 Å². The minimum Gasteiger partial charge on any atom is -0.401 e. The zero-order chi connectivity index (χ0) is 9.94. The standard InChI is InChI=1S/C6H5Cl3N2O/c1-3(11)4(2-10)5(12)6(7,8)9/h11H2,1H3/b4-3-. The van der Waals surface area contributed by atoms with E-state index in [0.717, 1.165) is 0 Å². The van der Waals surface area contributed by atoms with Crippen LogP contribution in [0.2, 0.25) is 0 Å². The van der Waals surface area contributed by atoms with Crippen molar-refractivity contribution in [2.45, 2.75) is 10.7 Å². The number of alkyl halides is 3. The van der Waals surface area contributed by atoms with E-state index in [4.69, 9.17) is 45.8 Å². The van der Waals surface area contributed by atoms with Gasteiger partial charge in [0.1, 0.15) is 11.6 Å². The lowest BCUT2D eigenvalue weighted by Gasteiger charge is -2.08. The van der Waals surface area contributed by atoms with Crippen LogP contribution >= 0.6 is 34.8 Å². The molecule has 0 aliphatic carbocycles. The fraction of sp³-hybridized carbons (Fsp3) is 0.333. The van der Waals surface area contributed by atoms with Gasteiger partial charge in [-0.05, 0) is 6.92 Å². The van der Waals surface area contributed by atoms with Gasteiger partial charge >= 0.3 is 0 Å². The highest BCUT2D eigenvalue weighted by Crippen LogP contribution is 2.30. The molecule has 0 saturated heterocycles. The van der Waals surface area contributed by atoms with Crippen LogP contribution in [0.25, 0.3) is 0 Å². The van der Waals surface area contributed by atoms with Gasteiger partial charge in [0.05, 0.1) is 0 Å². The van der Waals surface area contributed by atoms with Crippen LogP contribution in [-0.2, 0) is 4.79 Å². The van der Waals surface area contributed by atoms with Gasteiger partial charge in [0.25, 0.3) is 3.79 Å². The molecule has 0 heterocycles. The van der Waals surface area contributed by atoms with E-state index in [9.17, 15) is 4.79 Å². The van der Waals surface area contributed by atoms with E-state index in [1.54, 1.807) is 6.07 Å². The lowest BCUT2D eigenvalue weighted by atomic mass is 10.1. The molecule has 0 aliphatic rings. The second-order valence-corrected chi connectivity index (χ2v) is 4.28. The maximum atomic E-state index is 11.1.